The SMILES string of the molecule is CC(=O)C1(C(C)(C)C)Cc2ccccc2C1(C)C. The van der Waals surface area contributed by atoms with Gasteiger partial charge >= 0.3 is 0 Å². The number of carbonyl (C=O) groups is 1. The Hall–Kier alpha value is -1.11. The summed E-state index contributed by atoms with van der Waals surface area (Å²) in [5, 5.41) is 0. The Morgan fingerprint density at radius 1 is 1.17 bits per heavy atom. The summed E-state index contributed by atoms with van der Waals surface area (Å²) in [5.41, 5.74) is 2.24. The van der Waals surface area contributed by atoms with Gasteiger partial charge in [0.25, 0.3) is 0 Å². The van der Waals surface area contributed by atoms with Crippen molar-refractivity contribution >= 4 is 5.78 Å². The molecule has 1 aromatic rings. The zero-order valence-corrected chi connectivity index (χ0v) is 12.4. The summed E-state index contributed by atoms with van der Waals surface area (Å²) in [6, 6.07) is 8.52. The minimum absolute atomic E-state index is 0.0403. The third-order valence-electron chi connectivity index (χ3n) is 5.09. The fourth-order valence-corrected chi connectivity index (χ4v) is 4.32. The maximum atomic E-state index is 12.5. The summed E-state index contributed by atoms with van der Waals surface area (Å²) in [6.45, 7) is 12.8. The molecular formula is C17H24O. The Kier molecular flexibility index (Phi) is 2.73. The van der Waals surface area contributed by atoms with Crippen molar-refractivity contribution in [3.63, 3.8) is 0 Å². The van der Waals surface area contributed by atoms with Gasteiger partial charge in [0.2, 0.25) is 0 Å². The Morgan fingerprint density at radius 2 is 1.72 bits per heavy atom. The van der Waals surface area contributed by atoms with E-state index in [9.17, 15) is 4.79 Å². The van der Waals surface area contributed by atoms with Crippen molar-refractivity contribution in [3.05, 3.63) is 35.4 Å². The van der Waals surface area contributed by atoms with Crippen molar-refractivity contribution in [2.45, 2.75) is 53.4 Å². The lowest BCUT2D eigenvalue weighted by atomic mass is 9.52. The number of rotatable bonds is 1. The predicted molar refractivity (Wildman–Crippen MR) is 75.7 cm³/mol. The lowest BCUT2D eigenvalue weighted by Crippen LogP contribution is -2.52. The summed E-state index contributed by atoms with van der Waals surface area (Å²) >= 11 is 0. The van der Waals surface area contributed by atoms with Gasteiger partial charge < -0.3 is 0 Å². The van der Waals surface area contributed by atoms with Gasteiger partial charge in [0, 0.05) is 10.8 Å². The van der Waals surface area contributed by atoms with Gasteiger partial charge in [-0.1, -0.05) is 58.9 Å². The van der Waals surface area contributed by atoms with Crippen LogP contribution in [0.5, 0.6) is 0 Å². The molecule has 0 N–H and O–H groups in total. The molecule has 0 aliphatic heterocycles. The second-order valence-corrected chi connectivity index (χ2v) is 7.17. The van der Waals surface area contributed by atoms with Crippen LogP contribution in [-0.4, -0.2) is 5.78 Å². The first kappa shape index (κ1) is 13.3. The molecule has 0 aromatic heterocycles. The fourth-order valence-electron chi connectivity index (χ4n) is 4.32. The molecule has 1 unspecified atom stereocenters. The van der Waals surface area contributed by atoms with Crippen molar-refractivity contribution in [1.82, 2.24) is 0 Å². The van der Waals surface area contributed by atoms with Crippen LogP contribution in [0.2, 0.25) is 0 Å². The average Bonchev–Trinajstić information content (AvgIpc) is 2.48. The second-order valence-electron chi connectivity index (χ2n) is 7.17. The van der Waals surface area contributed by atoms with E-state index < -0.39 is 0 Å². The summed E-state index contributed by atoms with van der Waals surface area (Å²) in [4.78, 5) is 12.5. The normalized spacial score (nSPS) is 25.9. The van der Waals surface area contributed by atoms with Crippen LogP contribution in [0, 0.1) is 10.8 Å². The minimum Gasteiger partial charge on any atom is -0.299 e. The summed E-state index contributed by atoms with van der Waals surface area (Å²) in [6.07, 6.45) is 0.870. The number of Topliss-reactive ketones (excluding diaryl/α,β-unsaturated/α-hetero) is 1. The highest BCUT2D eigenvalue weighted by Gasteiger charge is 2.60. The van der Waals surface area contributed by atoms with Crippen LogP contribution < -0.4 is 0 Å². The molecule has 98 valence electrons. The van der Waals surface area contributed by atoms with Crippen molar-refractivity contribution in [3.8, 4) is 0 Å². The lowest BCUT2D eigenvalue weighted by molar-refractivity contribution is -0.137. The third kappa shape index (κ3) is 1.43. The van der Waals surface area contributed by atoms with E-state index in [4.69, 9.17) is 0 Å². The van der Waals surface area contributed by atoms with E-state index >= 15 is 0 Å². The predicted octanol–water partition coefficient (Wildman–Crippen LogP) is 4.14. The summed E-state index contributed by atoms with van der Waals surface area (Å²) < 4.78 is 0. The molecule has 0 heterocycles. The fraction of sp³-hybridized carbons (Fsp3) is 0.588. The Bertz CT molecular complexity index is 491. The van der Waals surface area contributed by atoms with Crippen molar-refractivity contribution in [2.24, 2.45) is 10.8 Å². The Morgan fingerprint density at radius 3 is 2.17 bits per heavy atom. The lowest BCUT2D eigenvalue weighted by Gasteiger charge is -2.49. The number of hydrogen-bond acceptors (Lipinski definition) is 1. The van der Waals surface area contributed by atoms with Gasteiger partial charge in [-0.3, -0.25) is 4.79 Å². The van der Waals surface area contributed by atoms with Crippen LogP contribution in [0.3, 0.4) is 0 Å². The highest BCUT2D eigenvalue weighted by atomic mass is 16.1. The van der Waals surface area contributed by atoms with E-state index in [2.05, 4.69) is 58.9 Å². The number of benzene rings is 1. The summed E-state index contributed by atoms with van der Waals surface area (Å²) in [7, 11) is 0. The standard InChI is InChI=1S/C17H24O/c1-12(18)17(15(2,3)4)11-13-9-7-8-10-14(13)16(17,5)6/h7-10H,11H2,1-6H3. The number of ketones is 1. The van der Waals surface area contributed by atoms with Gasteiger partial charge in [0.05, 0.1) is 0 Å². The van der Waals surface area contributed by atoms with Gasteiger partial charge in [-0.05, 0) is 29.9 Å². The van der Waals surface area contributed by atoms with Gasteiger partial charge in [-0.2, -0.15) is 0 Å². The van der Waals surface area contributed by atoms with Crippen LogP contribution in [0.25, 0.3) is 0 Å². The molecule has 0 amide bonds. The molecule has 1 aromatic carbocycles. The van der Waals surface area contributed by atoms with Crippen LogP contribution in [0.1, 0.15) is 52.7 Å². The highest BCUT2D eigenvalue weighted by molar-refractivity contribution is 5.87. The van der Waals surface area contributed by atoms with E-state index in [1.54, 1.807) is 6.92 Å². The van der Waals surface area contributed by atoms with Crippen LogP contribution in [0.15, 0.2) is 24.3 Å². The Balaban J connectivity index is 2.72. The maximum absolute atomic E-state index is 12.5. The van der Waals surface area contributed by atoms with Gasteiger partial charge in [-0.15, -0.1) is 0 Å². The number of hydrogen-bond donors (Lipinski definition) is 0. The summed E-state index contributed by atoms with van der Waals surface area (Å²) in [5.74, 6) is 0.316. The van der Waals surface area contributed by atoms with E-state index in [-0.39, 0.29) is 16.2 Å². The molecule has 1 aliphatic rings. The largest absolute Gasteiger partial charge is 0.299 e. The molecule has 0 saturated carbocycles. The van der Waals surface area contributed by atoms with E-state index in [0.717, 1.165) is 6.42 Å². The maximum Gasteiger partial charge on any atom is 0.137 e. The molecule has 0 fully saturated rings. The first-order chi connectivity index (χ1) is 8.14. The van der Waals surface area contributed by atoms with Crippen molar-refractivity contribution in [1.29, 1.82) is 0 Å². The molecule has 1 heteroatoms. The molecule has 0 saturated heterocycles. The zero-order valence-electron chi connectivity index (χ0n) is 12.4. The van der Waals surface area contributed by atoms with Crippen LogP contribution in [-0.2, 0) is 16.6 Å². The molecule has 1 atom stereocenters. The van der Waals surface area contributed by atoms with Gasteiger partial charge in [0.15, 0.2) is 0 Å². The molecule has 0 bridgehead atoms. The van der Waals surface area contributed by atoms with Crippen molar-refractivity contribution < 1.29 is 4.79 Å². The molecular weight excluding hydrogens is 220 g/mol. The topological polar surface area (TPSA) is 17.1 Å². The van der Waals surface area contributed by atoms with E-state index in [1.807, 2.05) is 0 Å². The van der Waals surface area contributed by atoms with Gasteiger partial charge in [0.1, 0.15) is 5.78 Å². The second kappa shape index (κ2) is 3.69. The first-order valence-corrected chi connectivity index (χ1v) is 6.74. The molecule has 0 radical (unpaired) electrons. The molecule has 0 spiro atoms. The van der Waals surface area contributed by atoms with Crippen molar-refractivity contribution in [2.75, 3.05) is 0 Å². The van der Waals surface area contributed by atoms with E-state index in [1.165, 1.54) is 11.1 Å². The van der Waals surface area contributed by atoms with Crippen LogP contribution >= 0.6 is 0 Å². The third-order valence-corrected chi connectivity index (χ3v) is 5.09. The minimum atomic E-state index is -0.302. The highest BCUT2D eigenvalue weighted by Crippen LogP contribution is 2.60. The molecule has 2 rings (SSSR count). The zero-order chi connectivity index (χ0) is 13.8. The quantitative estimate of drug-likeness (QED) is 0.725. The van der Waals surface area contributed by atoms with E-state index in [0.29, 0.717) is 5.78 Å². The average molecular weight is 244 g/mol. The number of carbonyl (C=O) groups excluding carboxylic acids is 1. The monoisotopic (exact) mass is 244 g/mol. The smallest absolute Gasteiger partial charge is 0.137 e. The number of fused-ring (bicyclic) bond motifs is 1. The molecule has 18 heavy (non-hydrogen) atoms. The van der Waals surface area contributed by atoms with Crippen LogP contribution in [0.4, 0.5) is 0 Å². The molecule has 1 aliphatic carbocycles. The molecule has 1 nitrogen and oxygen atoms in total. The van der Waals surface area contributed by atoms with Gasteiger partial charge in [-0.25, -0.2) is 0 Å². The first-order valence-electron chi connectivity index (χ1n) is 6.74. The Labute approximate surface area is 111 Å².